The zero-order chi connectivity index (χ0) is 25.7. The number of pyridine rings is 1. The molecule has 1 aromatic heterocycles. The van der Waals surface area contributed by atoms with Crippen LogP contribution in [0.1, 0.15) is 29.8 Å². The predicted molar refractivity (Wildman–Crippen MR) is 127 cm³/mol. The van der Waals surface area contributed by atoms with Gasteiger partial charge in [-0.15, -0.1) is 0 Å². The molecule has 1 aromatic carbocycles. The molecule has 4 heterocycles. The van der Waals surface area contributed by atoms with Crippen LogP contribution in [-0.2, 0) is 4.79 Å². The van der Waals surface area contributed by atoms with Crippen molar-refractivity contribution in [2.45, 2.75) is 37.5 Å². The monoisotopic (exact) mass is 518 g/mol. The Balaban J connectivity index is 1.11. The lowest BCUT2D eigenvalue weighted by Crippen LogP contribution is -2.45. The van der Waals surface area contributed by atoms with Gasteiger partial charge in [-0.25, -0.2) is 15.8 Å². The van der Waals surface area contributed by atoms with Crippen LogP contribution >= 0.6 is 0 Å². The minimum atomic E-state index is -4.51. The highest BCUT2D eigenvalue weighted by Crippen LogP contribution is 2.35. The van der Waals surface area contributed by atoms with Crippen molar-refractivity contribution < 1.29 is 27.5 Å². The summed E-state index contributed by atoms with van der Waals surface area (Å²) in [6, 6.07) is 8.97. The quantitative estimate of drug-likeness (QED) is 0.569. The third-order valence-corrected chi connectivity index (χ3v) is 8.10. The van der Waals surface area contributed by atoms with Crippen LogP contribution in [0.4, 0.5) is 13.2 Å². The molecule has 5 atom stereocenters. The molecule has 0 spiro atoms. The van der Waals surface area contributed by atoms with E-state index in [4.69, 9.17) is 4.74 Å². The fourth-order valence-corrected chi connectivity index (χ4v) is 6.25. The second kappa shape index (κ2) is 9.41. The fourth-order valence-electron chi connectivity index (χ4n) is 6.25. The molecule has 2 amide bonds. The number of rotatable bonds is 4. The second-order valence-electron chi connectivity index (χ2n) is 10.5. The van der Waals surface area contributed by atoms with Gasteiger partial charge in [-0.2, -0.15) is 18.7 Å². The number of fused-ring (bicyclic) bond motifs is 3. The van der Waals surface area contributed by atoms with Gasteiger partial charge in [0.2, 0.25) is 11.8 Å². The summed E-state index contributed by atoms with van der Waals surface area (Å²) < 4.78 is 43.3. The summed E-state index contributed by atoms with van der Waals surface area (Å²) in [5.74, 6) is 0.0236. The van der Waals surface area contributed by atoms with Crippen LogP contribution in [0.5, 0.6) is 5.88 Å². The lowest BCUT2D eigenvalue weighted by molar-refractivity contribution is -0.153. The largest absolute Gasteiger partial charge is 0.468 e. The topological polar surface area (TPSA) is 98.8 Å². The summed E-state index contributed by atoms with van der Waals surface area (Å²) in [6.45, 7) is 0.737. The standard InChI is InChI=1S/C25H29F3N6O3/c26-25(27,28)13-37-22-18-4-2-1-3-14(18)7-21(29-22)24(36)34-11-16-9-33(10-17(16)12-34)23(35)15-5-6-19-20(8-15)31-32-30-19/h1-4,7,15-17,19-20,30-32H,5-6,8-13H2/t15-,16+,17+,19?,20?/m1/s1. The zero-order valence-corrected chi connectivity index (χ0v) is 20.1. The summed E-state index contributed by atoms with van der Waals surface area (Å²) in [5.41, 5.74) is 9.40. The maximum atomic E-state index is 13.3. The molecule has 3 aliphatic heterocycles. The molecule has 2 aromatic rings. The first-order valence-electron chi connectivity index (χ1n) is 12.7. The van der Waals surface area contributed by atoms with E-state index in [1.165, 1.54) is 0 Å². The molecule has 9 nitrogen and oxygen atoms in total. The zero-order valence-electron chi connectivity index (χ0n) is 20.1. The number of ether oxygens (including phenoxy) is 1. The lowest BCUT2D eigenvalue weighted by Gasteiger charge is -2.32. The van der Waals surface area contributed by atoms with E-state index < -0.39 is 12.8 Å². The van der Waals surface area contributed by atoms with Gasteiger partial charge in [0.05, 0.1) is 0 Å². The van der Waals surface area contributed by atoms with Crippen molar-refractivity contribution in [1.82, 2.24) is 31.2 Å². The van der Waals surface area contributed by atoms with Crippen LogP contribution in [0.3, 0.4) is 0 Å². The molecule has 3 N–H and O–H groups in total. The van der Waals surface area contributed by atoms with Crippen LogP contribution in [0.25, 0.3) is 10.8 Å². The van der Waals surface area contributed by atoms with E-state index in [1.807, 2.05) is 4.90 Å². The van der Waals surface area contributed by atoms with Crippen molar-refractivity contribution in [2.75, 3.05) is 32.8 Å². The second-order valence-corrected chi connectivity index (χ2v) is 10.5. The van der Waals surface area contributed by atoms with Crippen molar-refractivity contribution in [3.8, 4) is 5.88 Å². The van der Waals surface area contributed by atoms with E-state index >= 15 is 0 Å². The predicted octanol–water partition coefficient (Wildman–Crippen LogP) is 1.86. The Morgan fingerprint density at radius 3 is 2.46 bits per heavy atom. The van der Waals surface area contributed by atoms with Gasteiger partial charge in [0.25, 0.3) is 5.91 Å². The fraction of sp³-hybridized carbons (Fsp3) is 0.560. The van der Waals surface area contributed by atoms with Crippen LogP contribution in [0.2, 0.25) is 0 Å². The number of likely N-dealkylation sites (tertiary alicyclic amines) is 2. The van der Waals surface area contributed by atoms with E-state index in [0.29, 0.717) is 43.0 Å². The van der Waals surface area contributed by atoms with Gasteiger partial charge in [0, 0.05) is 61.4 Å². The molecule has 6 rings (SSSR count). The number of hydrazine groups is 2. The van der Waals surface area contributed by atoms with Crippen molar-refractivity contribution in [1.29, 1.82) is 0 Å². The van der Waals surface area contributed by atoms with Gasteiger partial charge in [0.1, 0.15) is 5.69 Å². The smallest absolute Gasteiger partial charge is 0.422 e. The normalized spacial score (nSPS) is 29.4. The highest BCUT2D eigenvalue weighted by molar-refractivity contribution is 5.98. The number of carbonyl (C=O) groups excluding carboxylic acids is 2. The van der Waals surface area contributed by atoms with E-state index in [9.17, 15) is 22.8 Å². The summed E-state index contributed by atoms with van der Waals surface area (Å²) in [5, 5.41) is 1.01. The molecular formula is C25H29F3N6O3. The SMILES string of the molecule is O=C(c1cc2ccccc2c(OCC(F)(F)F)n1)N1C[C@@H]2CN(C(=O)[C@@H]3CCC4NNNC4C3)C[C@H]2C1. The van der Waals surface area contributed by atoms with Gasteiger partial charge in [-0.3, -0.25) is 9.59 Å². The molecule has 0 radical (unpaired) electrons. The summed E-state index contributed by atoms with van der Waals surface area (Å²) in [6.07, 6.45) is -1.91. The van der Waals surface area contributed by atoms with Crippen molar-refractivity contribution >= 4 is 22.6 Å². The van der Waals surface area contributed by atoms with Crippen molar-refractivity contribution in [2.24, 2.45) is 17.8 Å². The minimum Gasteiger partial charge on any atom is -0.468 e. The van der Waals surface area contributed by atoms with Crippen LogP contribution in [0, 0.1) is 17.8 Å². The number of nitrogens with one attached hydrogen (secondary N) is 3. The maximum Gasteiger partial charge on any atom is 0.422 e. The average molecular weight is 519 g/mol. The van der Waals surface area contributed by atoms with E-state index in [1.54, 1.807) is 35.2 Å². The molecule has 0 bridgehead atoms. The summed E-state index contributed by atoms with van der Waals surface area (Å²) >= 11 is 0. The van der Waals surface area contributed by atoms with Crippen molar-refractivity contribution in [3.63, 3.8) is 0 Å². The van der Waals surface area contributed by atoms with E-state index in [-0.39, 0.29) is 47.2 Å². The molecule has 198 valence electrons. The van der Waals surface area contributed by atoms with E-state index in [2.05, 4.69) is 21.4 Å². The van der Waals surface area contributed by atoms with Crippen LogP contribution in [-0.4, -0.2) is 77.6 Å². The van der Waals surface area contributed by atoms with E-state index in [0.717, 1.165) is 19.3 Å². The molecule has 4 fully saturated rings. The van der Waals surface area contributed by atoms with Gasteiger partial charge in [-0.1, -0.05) is 18.2 Å². The summed E-state index contributed by atoms with van der Waals surface area (Å²) in [7, 11) is 0. The number of hydrogen-bond acceptors (Lipinski definition) is 7. The molecule has 4 aliphatic rings. The van der Waals surface area contributed by atoms with Crippen molar-refractivity contribution in [3.05, 3.63) is 36.0 Å². The molecule has 12 heteroatoms. The Labute approximate surface area is 211 Å². The van der Waals surface area contributed by atoms with Gasteiger partial charge in [-0.05, 0) is 36.8 Å². The summed E-state index contributed by atoms with van der Waals surface area (Å²) in [4.78, 5) is 34.4. The lowest BCUT2D eigenvalue weighted by atomic mass is 9.82. The minimum absolute atomic E-state index is 0.00364. The number of nitrogens with zero attached hydrogens (tertiary/aromatic N) is 3. The number of hydrogen-bond donors (Lipinski definition) is 3. The maximum absolute atomic E-state index is 13.3. The molecule has 2 unspecified atom stereocenters. The Morgan fingerprint density at radius 1 is 1.00 bits per heavy atom. The number of carbonyl (C=O) groups is 2. The molecule has 1 aliphatic carbocycles. The van der Waals surface area contributed by atoms with Gasteiger partial charge < -0.3 is 14.5 Å². The third kappa shape index (κ3) is 4.85. The van der Waals surface area contributed by atoms with Crippen LogP contribution < -0.4 is 21.1 Å². The first-order valence-corrected chi connectivity index (χ1v) is 12.7. The number of amides is 2. The third-order valence-electron chi connectivity index (χ3n) is 8.10. The molecule has 3 saturated heterocycles. The molecule has 37 heavy (non-hydrogen) atoms. The number of aromatic nitrogens is 1. The number of halogens is 3. The number of benzene rings is 1. The first-order chi connectivity index (χ1) is 17.7. The first kappa shape index (κ1) is 24.4. The Kier molecular flexibility index (Phi) is 6.20. The van der Waals surface area contributed by atoms with Gasteiger partial charge in [0.15, 0.2) is 6.61 Å². The molecule has 1 saturated carbocycles. The Morgan fingerprint density at radius 2 is 1.70 bits per heavy atom. The Bertz CT molecular complexity index is 1200. The highest BCUT2D eigenvalue weighted by atomic mass is 19.4. The highest BCUT2D eigenvalue weighted by Gasteiger charge is 2.46. The number of alkyl halides is 3. The Hall–Kier alpha value is -2.96. The molecular weight excluding hydrogens is 489 g/mol. The van der Waals surface area contributed by atoms with Gasteiger partial charge >= 0.3 is 6.18 Å². The average Bonchev–Trinajstić information content (AvgIpc) is 3.60. The van der Waals surface area contributed by atoms with Crippen LogP contribution in [0.15, 0.2) is 30.3 Å².